The lowest BCUT2D eigenvalue weighted by Crippen LogP contribution is -2.09. The van der Waals surface area contributed by atoms with E-state index in [0.717, 1.165) is 17.8 Å². The fraction of sp³-hybridized carbons (Fsp3) is 0.231. The summed E-state index contributed by atoms with van der Waals surface area (Å²) in [7, 11) is 0. The molecule has 0 amide bonds. The van der Waals surface area contributed by atoms with Gasteiger partial charge in [0.2, 0.25) is 0 Å². The zero-order valence-electron chi connectivity index (χ0n) is 9.96. The van der Waals surface area contributed by atoms with Gasteiger partial charge in [0.25, 0.3) is 0 Å². The maximum absolute atomic E-state index is 10.8. The predicted octanol–water partition coefficient (Wildman–Crippen LogP) is 3.40. The van der Waals surface area contributed by atoms with Crippen molar-refractivity contribution in [3.8, 4) is 0 Å². The number of benzene rings is 1. The summed E-state index contributed by atoms with van der Waals surface area (Å²) < 4.78 is 0. The van der Waals surface area contributed by atoms with Crippen molar-refractivity contribution in [1.29, 1.82) is 0 Å². The molecule has 2 aromatic rings. The molecule has 0 aliphatic heterocycles. The standard InChI is InChI=1S/C13H14N2O2S/c1-2-10(9-6-4-3-5-7-9)15-13-14-8-11(18-13)12(16)17/h3-8,10H,2H2,1H3,(H,14,15)(H,16,17). The molecule has 0 saturated heterocycles. The quantitative estimate of drug-likeness (QED) is 0.866. The lowest BCUT2D eigenvalue weighted by atomic mass is 10.1. The van der Waals surface area contributed by atoms with Gasteiger partial charge in [0.15, 0.2) is 5.13 Å². The molecule has 0 aliphatic rings. The second kappa shape index (κ2) is 5.64. The van der Waals surface area contributed by atoms with Gasteiger partial charge in [-0.25, -0.2) is 9.78 Å². The predicted molar refractivity (Wildman–Crippen MR) is 72.2 cm³/mol. The van der Waals surface area contributed by atoms with Crippen molar-refractivity contribution in [2.75, 3.05) is 5.32 Å². The topological polar surface area (TPSA) is 62.2 Å². The summed E-state index contributed by atoms with van der Waals surface area (Å²) in [5.74, 6) is -0.937. The van der Waals surface area contributed by atoms with Gasteiger partial charge in [0.1, 0.15) is 4.88 Å². The summed E-state index contributed by atoms with van der Waals surface area (Å²) >= 11 is 1.16. The van der Waals surface area contributed by atoms with E-state index < -0.39 is 5.97 Å². The summed E-state index contributed by atoms with van der Waals surface area (Å²) in [6.45, 7) is 2.08. The second-order valence-electron chi connectivity index (χ2n) is 3.85. The fourth-order valence-corrected chi connectivity index (χ4v) is 2.40. The Morgan fingerprint density at radius 1 is 1.44 bits per heavy atom. The van der Waals surface area contributed by atoms with Crippen molar-refractivity contribution in [1.82, 2.24) is 4.98 Å². The molecule has 0 bridgehead atoms. The van der Waals surface area contributed by atoms with Crippen LogP contribution in [-0.2, 0) is 0 Å². The molecule has 4 nitrogen and oxygen atoms in total. The highest BCUT2D eigenvalue weighted by atomic mass is 32.1. The molecule has 1 unspecified atom stereocenters. The number of aromatic carboxylic acids is 1. The minimum Gasteiger partial charge on any atom is -0.477 e. The van der Waals surface area contributed by atoms with E-state index in [9.17, 15) is 4.79 Å². The van der Waals surface area contributed by atoms with Crippen molar-refractivity contribution in [3.63, 3.8) is 0 Å². The summed E-state index contributed by atoms with van der Waals surface area (Å²) in [6, 6.07) is 10.2. The van der Waals surface area contributed by atoms with Crippen LogP contribution in [0, 0.1) is 0 Å². The molecule has 0 saturated carbocycles. The molecule has 1 atom stereocenters. The highest BCUT2D eigenvalue weighted by Gasteiger charge is 2.13. The van der Waals surface area contributed by atoms with Crippen molar-refractivity contribution >= 4 is 22.4 Å². The second-order valence-corrected chi connectivity index (χ2v) is 4.88. The maximum Gasteiger partial charge on any atom is 0.347 e. The van der Waals surface area contributed by atoms with E-state index in [1.54, 1.807) is 0 Å². The number of nitrogens with zero attached hydrogens (tertiary/aromatic N) is 1. The molecule has 0 spiro atoms. The van der Waals surface area contributed by atoms with E-state index >= 15 is 0 Å². The van der Waals surface area contributed by atoms with Crippen LogP contribution in [0.15, 0.2) is 36.5 Å². The zero-order valence-corrected chi connectivity index (χ0v) is 10.8. The Balaban J connectivity index is 2.13. The van der Waals surface area contributed by atoms with Crippen LogP contribution in [0.3, 0.4) is 0 Å². The largest absolute Gasteiger partial charge is 0.477 e. The number of carboxylic acid groups (broad SMARTS) is 1. The summed E-state index contributed by atoms with van der Waals surface area (Å²) in [4.78, 5) is 15.1. The first kappa shape index (κ1) is 12.6. The average Bonchev–Trinajstić information content (AvgIpc) is 2.86. The summed E-state index contributed by atoms with van der Waals surface area (Å²) in [6.07, 6.45) is 2.29. The van der Waals surface area contributed by atoms with Gasteiger partial charge in [-0.2, -0.15) is 0 Å². The highest BCUT2D eigenvalue weighted by molar-refractivity contribution is 7.17. The van der Waals surface area contributed by atoms with Gasteiger partial charge in [-0.15, -0.1) is 0 Å². The Hall–Kier alpha value is -1.88. The Kier molecular flexibility index (Phi) is 3.94. The third-order valence-electron chi connectivity index (χ3n) is 2.62. The number of aromatic nitrogens is 1. The first-order valence-electron chi connectivity index (χ1n) is 5.71. The summed E-state index contributed by atoms with van der Waals surface area (Å²) in [5, 5.41) is 12.8. The summed E-state index contributed by atoms with van der Waals surface area (Å²) in [5.41, 5.74) is 1.17. The van der Waals surface area contributed by atoms with Crippen LogP contribution < -0.4 is 5.32 Å². The molecule has 0 aliphatic carbocycles. The van der Waals surface area contributed by atoms with E-state index in [0.29, 0.717) is 5.13 Å². The lowest BCUT2D eigenvalue weighted by Gasteiger charge is -2.16. The first-order valence-corrected chi connectivity index (χ1v) is 6.53. The number of carboxylic acids is 1. The number of carbonyl (C=O) groups is 1. The normalized spacial score (nSPS) is 12.1. The van der Waals surface area contributed by atoms with Crippen LogP contribution in [0.2, 0.25) is 0 Å². The highest BCUT2D eigenvalue weighted by Crippen LogP contribution is 2.25. The third kappa shape index (κ3) is 2.87. The number of rotatable bonds is 5. The zero-order chi connectivity index (χ0) is 13.0. The fourth-order valence-electron chi connectivity index (χ4n) is 1.70. The molecular weight excluding hydrogens is 248 g/mol. The average molecular weight is 262 g/mol. The molecular formula is C13H14N2O2S. The van der Waals surface area contributed by atoms with E-state index in [4.69, 9.17) is 5.11 Å². The third-order valence-corrected chi connectivity index (χ3v) is 3.54. The molecule has 18 heavy (non-hydrogen) atoms. The van der Waals surface area contributed by atoms with Crippen LogP contribution in [0.25, 0.3) is 0 Å². The van der Waals surface area contributed by atoms with Gasteiger partial charge >= 0.3 is 5.97 Å². The Labute approximate surface area is 109 Å². The van der Waals surface area contributed by atoms with Gasteiger partial charge in [0, 0.05) is 0 Å². The van der Waals surface area contributed by atoms with Crippen LogP contribution in [0.5, 0.6) is 0 Å². The maximum atomic E-state index is 10.8. The van der Waals surface area contributed by atoms with E-state index in [1.807, 2.05) is 30.3 Å². The Bertz CT molecular complexity index is 525. The molecule has 1 heterocycles. The van der Waals surface area contributed by atoms with Gasteiger partial charge in [-0.1, -0.05) is 48.6 Å². The molecule has 0 radical (unpaired) electrons. The monoisotopic (exact) mass is 262 g/mol. The minimum atomic E-state index is -0.937. The van der Waals surface area contributed by atoms with E-state index in [1.165, 1.54) is 11.8 Å². The van der Waals surface area contributed by atoms with Crippen LogP contribution >= 0.6 is 11.3 Å². The van der Waals surface area contributed by atoms with Crippen molar-refractivity contribution in [3.05, 3.63) is 47.0 Å². The molecule has 0 fully saturated rings. The Morgan fingerprint density at radius 3 is 2.72 bits per heavy atom. The van der Waals surface area contributed by atoms with Gasteiger partial charge in [-0.3, -0.25) is 0 Å². The van der Waals surface area contributed by atoms with Crippen LogP contribution in [-0.4, -0.2) is 16.1 Å². The number of hydrogen-bond donors (Lipinski definition) is 2. The van der Waals surface area contributed by atoms with Crippen LogP contribution in [0.1, 0.15) is 34.6 Å². The number of nitrogens with one attached hydrogen (secondary N) is 1. The number of hydrogen-bond acceptors (Lipinski definition) is 4. The molecule has 2 N–H and O–H groups in total. The molecule has 1 aromatic heterocycles. The van der Waals surface area contributed by atoms with Gasteiger partial charge in [0.05, 0.1) is 12.2 Å². The minimum absolute atomic E-state index is 0.152. The Morgan fingerprint density at radius 2 is 2.17 bits per heavy atom. The van der Waals surface area contributed by atoms with Crippen LogP contribution in [0.4, 0.5) is 5.13 Å². The lowest BCUT2D eigenvalue weighted by molar-refractivity contribution is 0.0702. The van der Waals surface area contributed by atoms with Crippen molar-refractivity contribution < 1.29 is 9.90 Å². The van der Waals surface area contributed by atoms with Gasteiger partial charge < -0.3 is 10.4 Å². The van der Waals surface area contributed by atoms with Crippen molar-refractivity contribution in [2.24, 2.45) is 0 Å². The van der Waals surface area contributed by atoms with E-state index in [-0.39, 0.29) is 10.9 Å². The van der Waals surface area contributed by atoms with Gasteiger partial charge in [-0.05, 0) is 12.0 Å². The smallest absolute Gasteiger partial charge is 0.347 e. The number of anilines is 1. The SMILES string of the molecule is CCC(Nc1ncc(C(=O)O)s1)c1ccccc1. The molecule has 5 heteroatoms. The molecule has 1 aromatic carbocycles. The van der Waals surface area contributed by atoms with E-state index in [2.05, 4.69) is 17.2 Å². The molecule has 2 rings (SSSR count). The molecule has 94 valence electrons. The number of thiazole rings is 1. The first-order chi connectivity index (χ1) is 8.70. The van der Waals surface area contributed by atoms with Crippen molar-refractivity contribution in [2.45, 2.75) is 19.4 Å².